The minimum atomic E-state index is 0.263. The maximum absolute atomic E-state index is 9.19. The van der Waals surface area contributed by atoms with Crippen LogP contribution in [0.4, 0.5) is 0 Å². The third-order valence-corrected chi connectivity index (χ3v) is 4.28. The van der Waals surface area contributed by atoms with Gasteiger partial charge in [0.1, 0.15) is 0 Å². The van der Waals surface area contributed by atoms with Crippen molar-refractivity contribution in [3.05, 3.63) is 35.9 Å². The van der Waals surface area contributed by atoms with Crippen molar-refractivity contribution in [1.29, 1.82) is 0 Å². The number of aliphatic hydroxyl groups excluding tert-OH is 1. The van der Waals surface area contributed by atoms with Crippen molar-refractivity contribution >= 4 is 0 Å². The molecular weight excluding hydrogens is 234 g/mol. The second-order valence-corrected chi connectivity index (χ2v) is 5.98. The van der Waals surface area contributed by atoms with Crippen LogP contribution in [0.25, 0.3) is 0 Å². The minimum Gasteiger partial charge on any atom is -0.396 e. The zero-order valence-corrected chi connectivity index (χ0v) is 12.0. The molecule has 1 saturated carbocycles. The van der Waals surface area contributed by atoms with Crippen LogP contribution < -0.4 is 5.32 Å². The average molecular weight is 261 g/mol. The monoisotopic (exact) mass is 261 g/mol. The Balaban J connectivity index is 2.04. The number of aliphatic hydroxyl groups is 1. The van der Waals surface area contributed by atoms with Gasteiger partial charge in [-0.25, -0.2) is 0 Å². The molecule has 2 N–H and O–H groups in total. The summed E-state index contributed by atoms with van der Waals surface area (Å²) in [6.45, 7) is 3.25. The molecule has 0 heterocycles. The molecule has 0 bridgehead atoms. The van der Waals surface area contributed by atoms with Gasteiger partial charge in [-0.15, -0.1) is 0 Å². The molecule has 1 fully saturated rings. The lowest BCUT2D eigenvalue weighted by Crippen LogP contribution is -2.33. The summed E-state index contributed by atoms with van der Waals surface area (Å²) in [4.78, 5) is 0. The molecule has 0 spiro atoms. The molecule has 0 amide bonds. The van der Waals surface area contributed by atoms with Crippen molar-refractivity contribution in [1.82, 2.24) is 5.32 Å². The van der Waals surface area contributed by atoms with Gasteiger partial charge in [0, 0.05) is 19.2 Å². The van der Waals surface area contributed by atoms with E-state index in [1.165, 1.54) is 37.7 Å². The number of nitrogens with one attached hydrogen (secondary N) is 1. The van der Waals surface area contributed by atoms with E-state index in [1.54, 1.807) is 0 Å². The largest absolute Gasteiger partial charge is 0.396 e. The van der Waals surface area contributed by atoms with E-state index in [9.17, 15) is 5.11 Å². The summed E-state index contributed by atoms with van der Waals surface area (Å²) in [5.41, 5.74) is 1.40. The number of hydrogen-bond donors (Lipinski definition) is 2. The summed E-state index contributed by atoms with van der Waals surface area (Å²) in [6.07, 6.45) is 6.79. The fourth-order valence-corrected chi connectivity index (χ4v) is 3.08. The minimum absolute atomic E-state index is 0.263. The van der Waals surface area contributed by atoms with E-state index < -0.39 is 0 Å². The summed E-state index contributed by atoms with van der Waals surface area (Å²) in [5.74, 6) is 1.08. The predicted octanol–water partition coefficient (Wildman–Crippen LogP) is 3.53. The first-order valence-electron chi connectivity index (χ1n) is 7.70. The smallest absolute Gasteiger partial charge is 0.0468 e. The van der Waals surface area contributed by atoms with Crippen LogP contribution in [0, 0.1) is 11.8 Å². The molecule has 1 aromatic carbocycles. The van der Waals surface area contributed by atoms with Crippen molar-refractivity contribution in [2.45, 2.75) is 45.1 Å². The summed E-state index contributed by atoms with van der Waals surface area (Å²) in [6, 6.07) is 11.3. The van der Waals surface area contributed by atoms with Crippen molar-refractivity contribution in [3.8, 4) is 0 Å². The zero-order valence-electron chi connectivity index (χ0n) is 12.0. The van der Waals surface area contributed by atoms with Crippen LogP contribution in [0.2, 0.25) is 0 Å². The number of benzene rings is 1. The van der Waals surface area contributed by atoms with Crippen LogP contribution in [0.5, 0.6) is 0 Å². The number of rotatable bonds is 6. The molecule has 1 aromatic rings. The molecule has 106 valence electrons. The van der Waals surface area contributed by atoms with Gasteiger partial charge in [-0.3, -0.25) is 0 Å². The molecule has 2 atom stereocenters. The van der Waals surface area contributed by atoms with Crippen LogP contribution in [-0.2, 0) is 0 Å². The first-order valence-corrected chi connectivity index (χ1v) is 7.70. The van der Waals surface area contributed by atoms with Crippen molar-refractivity contribution in [2.75, 3.05) is 13.2 Å². The number of hydrogen-bond acceptors (Lipinski definition) is 2. The molecule has 0 aromatic heterocycles. The molecule has 2 heteroatoms. The molecule has 0 saturated heterocycles. The Bertz CT molecular complexity index is 346. The van der Waals surface area contributed by atoms with Gasteiger partial charge >= 0.3 is 0 Å². The zero-order chi connectivity index (χ0) is 13.5. The molecule has 2 rings (SSSR count). The Morgan fingerprint density at radius 3 is 2.47 bits per heavy atom. The van der Waals surface area contributed by atoms with E-state index in [2.05, 4.69) is 42.6 Å². The van der Waals surface area contributed by atoms with Gasteiger partial charge in [-0.05, 0) is 30.2 Å². The van der Waals surface area contributed by atoms with E-state index >= 15 is 0 Å². The normalized spacial score (nSPS) is 20.1. The third-order valence-electron chi connectivity index (χ3n) is 4.28. The van der Waals surface area contributed by atoms with Crippen LogP contribution in [0.3, 0.4) is 0 Å². The second-order valence-electron chi connectivity index (χ2n) is 5.98. The quantitative estimate of drug-likeness (QED) is 0.821. The van der Waals surface area contributed by atoms with Crippen molar-refractivity contribution < 1.29 is 5.11 Å². The lowest BCUT2D eigenvalue weighted by Gasteiger charge is -2.32. The summed E-state index contributed by atoms with van der Waals surface area (Å²) < 4.78 is 0. The first-order chi connectivity index (χ1) is 9.31. The van der Waals surface area contributed by atoms with Gasteiger partial charge in [0.2, 0.25) is 0 Å². The highest BCUT2D eigenvalue weighted by Crippen LogP contribution is 2.34. The summed E-state index contributed by atoms with van der Waals surface area (Å²) in [7, 11) is 0. The molecule has 0 aliphatic heterocycles. The molecule has 19 heavy (non-hydrogen) atoms. The van der Waals surface area contributed by atoms with Gasteiger partial charge in [0.25, 0.3) is 0 Å². The van der Waals surface area contributed by atoms with Gasteiger partial charge in [-0.2, -0.15) is 0 Å². The highest BCUT2D eigenvalue weighted by Gasteiger charge is 2.24. The summed E-state index contributed by atoms with van der Waals surface area (Å²) >= 11 is 0. The lowest BCUT2D eigenvalue weighted by atomic mass is 9.81. The Morgan fingerprint density at radius 1 is 1.16 bits per heavy atom. The van der Waals surface area contributed by atoms with Crippen molar-refractivity contribution in [2.24, 2.45) is 11.8 Å². The van der Waals surface area contributed by atoms with E-state index in [1.807, 2.05) is 0 Å². The first kappa shape index (κ1) is 14.5. The van der Waals surface area contributed by atoms with Crippen LogP contribution >= 0.6 is 0 Å². The Hall–Kier alpha value is -0.860. The predicted molar refractivity (Wildman–Crippen MR) is 80.0 cm³/mol. The molecular formula is C17H27NO. The SMILES string of the molecule is CC(CO)CNC(c1ccccc1)C1CCCCC1. The topological polar surface area (TPSA) is 32.3 Å². The average Bonchev–Trinajstić information content (AvgIpc) is 2.49. The van der Waals surface area contributed by atoms with E-state index in [-0.39, 0.29) is 6.61 Å². The maximum atomic E-state index is 9.19. The Morgan fingerprint density at radius 2 is 1.84 bits per heavy atom. The molecule has 2 unspecified atom stereocenters. The fourth-order valence-electron chi connectivity index (χ4n) is 3.08. The standard InChI is InChI=1S/C17H27NO/c1-14(13-19)12-18-17(15-8-4-2-5-9-15)16-10-6-3-7-11-16/h2,4-5,8-9,14,16-19H,3,6-7,10-13H2,1H3. The van der Waals surface area contributed by atoms with Gasteiger partial charge in [0.05, 0.1) is 0 Å². The molecule has 0 radical (unpaired) electrons. The van der Waals surface area contributed by atoms with E-state index in [4.69, 9.17) is 0 Å². The molecule has 1 aliphatic rings. The van der Waals surface area contributed by atoms with Crippen molar-refractivity contribution in [3.63, 3.8) is 0 Å². The summed E-state index contributed by atoms with van der Waals surface area (Å²) in [5, 5.41) is 12.9. The van der Waals surface area contributed by atoms with Gasteiger partial charge in [0.15, 0.2) is 0 Å². The molecule has 2 nitrogen and oxygen atoms in total. The maximum Gasteiger partial charge on any atom is 0.0468 e. The lowest BCUT2D eigenvalue weighted by molar-refractivity contribution is 0.213. The fraction of sp³-hybridized carbons (Fsp3) is 0.647. The van der Waals surface area contributed by atoms with Crippen LogP contribution in [0.1, 0.15) is 50.6 Å². The Kier molecular flexibility index (Phi) is 5.87. The van der Waals surface area contributed by atoms with E-state index in [0.29, 0.717) is 12.0 Å². The highest BCUT2D eigenvalue weighted by atomic mass is 16.3. The van der Waals surface area contributed by atoms with Gasteiger partial charge < -0.3 is 10.4 Å². The molecule has 1 aliphatic carbocycles. The van der Waals surface area contributed by atoms with E-state index in [0.717, 1.165) is 12.5 Å². The van der Waals surface area contributed by atoms with Crippen LogP contribution in [-0.4, -0.2) is 18.3 Å². The third kappa shape index (κ3) is 4.32. The Labute approximate surface area is 117 Å². The second kappa shape index (κ2) is 7.66. The highest BCUT2D eigenvalue weighted by molar-refractivity contribution is 5.20. The van der Waals surface area contributed by atoms with Gasteiger partial charge in [-0.1, -0.05) is 56.5 Å². The van der Waals surface area contributed by atoms with Crippen LogP contribution in [0.15, 0.2) is 30.3 Å².